The van der Waals surface area contributed by atoms with Crippen LogP contribution in [0.4, 0.5) is 0 Å². The van der Waals surface area contributed by atoms with E-state index in [0.717, 1.165) is 5.56 Å². The first-order chi connectivity index (χ1) is 8.83. The predicted molar refractivity (Wildman–Crippen MR) is 71.4 cm³/mol. The molecule has 1 fully saturated rings. The van der Waals surface area contributed by atoms with Gasteiger partial charge in [-0.05, 0) is 22.4 Å². The summed E-state index contributed by atoms with van der Waals surface area (Å²) in [4.78, 5) is 0. The fraction of sp³-hybridized carbons (Fsp3) is 0.333. The average Bonchev–Trinajstić information content (AvgIpc) is 2.36. The molecule has 2 aromatic rings. The Morgan fingerprint density at radius 3 is 2.67 bits per heavy atom. The lowest BCUT2D eigenvalue weighted by molar-refractivity contribution is -0.131. The Bertz CT molecular complexity index is 537. The third-order valence-corrected chi connectivity index (χ3v) is 3.32. The van der Waals surface area contributed by atoms with Gasteiger partial charge >= 0.3 is 0 Å². The van der Waals surface area contributed by atoms with Gasteiger partial charge in [0.2, 0.25) is 0 Å². The lowest BCUT2D eigenvalue weighted by Gasteiger charge is -2.27. The molecule has 18 heavy (non-hydrogen) atoms. The third kappa shape index (κ3) is 2.38. The normalized spacial score (nSPS) is 17.6. The van der Waals surface area contributed by atoms with Gasteiger partial charge in [-0.1, -0.05) is 36.4 Å². The van der Waals surface area contributed by atoms with Crippen LogP contribution in [0.25, 0.3) is 10.8 Å². The molecule has 0 spiro atoms. The van der Waals surface area contributed by atoms with E-state index in [1.54, 1.807) is 0 Å². The topological polar surface area (TPSA) is 44.5 Å². The predicted octanol–water partition coefficient (Wildman–Crippen LogP) is 2.25. The summed E-state index contributed by atoms with van der Waals surface area (Å²) >= 11 is 0. The van der Waals surface area contributed by atoms with E-state index in [0.29, 0.717) is 19.8 Å². The van der Waals surface area contributed by atoms with Crippen LogP contribution < -0.4 is 5.73 Å². The molecule has 3 rings (SSSR count). The molecular formula is C15H17NO2. The number of hydrogen-bond acceptors (Lipinski definition) is 3. The summed E-state index contributed by atoms with van der Waals surface area (Å²) in [5.74, 6) is 0. The van der Waals surface area contributed by atoms with Crippen LogP contribution >= 0.6 is 0 Å². The Kier molecular flexibility index (Phi) is 3.28. The second-order valence-electron chi connectivity index (χ2n) is 4.71. The molecule has 1 aliphatic heterocycles. The summed E-state index contributed by atoms with van der Waals surface area (Å²) in [7, 11) is 0. The zero-order valence-electron chi connectivity index (χ0n) is 10.2. The van der Waals surface area contributed by atoms with Crippen molar-refractivity contribution < 1.29 is 9.47 Å². The van der Waals surface area contributed by atoms with Crippen molar-refractivity contribution in [1.29, 1.82) is 0 Å². The number of benzene rings is 2. The van der Waals surface area contributed by atoms with Crippen molar-refractivity contribution in [2.45, 2.75) is 12.1 Å². The molecule has 1 aliphatic rings. The second-order valence-corrected chi connectivity index (χ2v) is 4.71. The van der Waals surface area contributed by atoms with E-state index in [2.05, 4.69) is 30.3 Å². The molecule has 0 saturated carbocycles. The van der Waals surface area contributed by atoms with E-state index in [-0.39, 0.29) is 12.1 Å². The third-order valence-electron chi connectivity index (χ3n) is 3.32. The SMILES string of the molecule is NC(COC1COC1)c1ccc2ccccc2c1. The van der Waals surface area contributed by atoms with E-state index in [9.17, 15) is 0 Å². The van der Waals surface area contributed by atoms with E-state index < -0.39 is 0 Å². The molecule has 94 valence electrons. The molecule has 3 nitrogen and oxygen atoms in total. The van der Waals surface area contributed by atoms with E-state index in [1.165, 1.54) is 10.8 Å². The van der Waals surface area contributed by atoms with Crippen molar-refractivity contribution in [1.82, 2.24) is 0 Å². The minimum atomic E-state index is -0.0739. The molecule has 1 unspecified atom stereocenters. The molecule has 2 N–H and O–H groups in total. The molecular weight excluding hydrogens is 226 g/mol. The summed E-state index contributed by atoms with van der Waals surface area (Å²) in [6.45, 7) is 1.95. The molecule has 0 bridgehead atoms. The van der Waals surface area contributed by atoms with Crippen molar-refractivity contribution in [3.8, 4) is 0 Å². The monoisotopic (exact) mass is 243 g/mol. The van der Waals surface area contributed by atoms with E-state index in [1.807, 2.05) is 12.1 Å². The molecule has 3 heteroatoms. The highest BCUT2D eigenvalue weighted by molar-refractivity contribution is 5.83. The zero-order chi connectivity index (χ0) is 12.4. The smallest absolute Gasteiger partial charge is 0.104 e. The maximum Gasteiger partial charge on any atom is 0.104 e. The quantitative estimate of drug-likeness (QED) is 0.895. The molecule has 1 atom stereocenters. The van der Waals surface area contributed by atoms with Gasteiger partial charge in [0.1, 0.15) is 6.10 Å². The molecule has 1 saturated heterocycles. The van der Waals surface area contributed by atoms with Gasteiger partial charge in [-0.25, -0.2) is 0 Å². The highest BCUT2D eigenvalue weighted by Gasteiger charge is 2.20. The van der Waals surface area contributed by atoms with E-state index >= 15 is 0 Å². The molecule has 1 heterocycles. The maximum atomic E-state index is 6.15. The average molecular weight is 243 g/mol. The Hall–Kier alpha value is -1.42. The van der Waals surface area contributed by atoms with Gasteiger partial charge in [0.15, 0.2) is 0 Å². The summed E-state index contributed by atoms with van der Waals surface area (Å²) in [5, 5.41) is 2.46. The summed E-state index contributed by atoms with van der Waals surface area (Å²) in [6.07, 6.45) is 0.233. The molecule has 0 amide bonds. The Morgan fingerprint density at radius 1 is 1.17 bits per heavy atom. The van der Waals surface area contributed by atoms with Crippen LogP contribution in [-0.2, 0) is 9.47 Å². The first kappa shape index (κ1) is 11.7. The van der Waals surface area contributed by atoms with Gasteiger partial charge < -0.3 is 15.2 Å². The summed E-state index contributed by atoms with van der Waals surface area (Å²) < 4.78 is 10.7. The Balaban J connectivity index is 1.71. The number of hydrogen-bond donors (Lipinski definition) is 1. The minimum Gasteiger partial charge on any atom is -0.376 e. The Morgan fingerprint density at radius 2 is 1.94 bits per heavy atom. The van der Waals surface area contributed by atoms with Crippen LogP contribution in [0, 0.1) is 0 Å². The lowest BCUT2D eigenvalue weighted by atomic mass is 10.0. The van der Waals surface area contributed by atoms with Crippen LogP contribution in [-0.4, -0.2) is 25.9 Å². The molecule has 0 aromatic heterocycles. The standard InChI is InChI=1S/C15H17NO2/c16-15(10-18-14-8-17-9-14)13-6-5-11-3-1-2-4-12(11)7-13/h1-7,14-15H,8-10,16H2. The van der Waals surface area contributed by atoms with Crippen molar-refractivity contribution in [2.24, 2.45) is 5.73 Å². The number of nitrogens with two attached hydrogens (primary N) is 1. The van der Waals surface area contributed by atoms with Gasteiger partial charge in [0, 0.05) is 0 Å². The van der Waals surface area contributed by atoms with Crippen LogP contribution in [0.3, 0.4) is 0 Å². The lowest BCUT2D eigenvalue weighted by Crippen LogP contribution is -2.37. The zero-order valence-corrected chi connectivity index (χ0v) is 10.2. The van der Waals surface area contributed by atoms with Gasteiger partial charge in [0.05, 0.1) is 25.9 Å². The molecule has 0 radical (unpaired) electrons. The summed E-state index contributed by atoms with van der Waals surface area (Å²) in [6, 6.07) is 14.5. The van der Waals surface area contributed by atoms with Crippen LogP contribution in [0.5, 0.6) is 0 Å². The van der Waals surface area contributed by atoms with E-state index in [4.69, 9.17) is 15.2 Å². The first-order valence-electron chi connectivity index (χ1n) is 6.26. The van der Waals surface area contributed by atoms with Crippen molar-refractivity contribution >= 4 is 10.8 Å². The minimum absolute atomic E-state index is 0.0739. The van der Waals surface area contributed by atoms with Crippen LogP contribution in [0.1, 0.15) is 11.6 Å². The van der Waals surface area contributed by atoms with Gasteiger partial charge in [-0.15, -0.1) is 0 Å². The molecule has 0 aliphatic carbocycles. The largest absolute Gasteiger partial charge is 0.376 e. The highest BCUT2D eigenvalue weighted by atomic mass is 16.6. The van der Waals surface area contributed by atoms with Crippen molar-refractivity contribution in [2.75, 3.05) is 19.8 Å². The molecule has 2 aromatic carbocycles. The van der Waals surface area contributed by atoms with Gasteiger partial charge in [0.25, 0.3) is 0 Å². The fourth-order valence-corrected chi connectivity index (χ4v) is 2.08. The number of ether oxygens (including phenoxy) is 2. The van der Waals surface area contributed by atoms with Gasteiger partial charge in [-0.3, -0.25) is 0 Å². The first-order valence-corrected chi connectivity index (χ1v) is 6.26. The van der Waals surface area contributed by atoms with Crippen molar-refractivity contribution in [3.05, 3.63) is 48.0 Å². The number of fused-ring (bicyclic) bond motifs is 1. The van der Waals surface area contributed by atoms with Crippen LogP contribution in [0.2, 0.25) is 0 Å². The highest BCUT2D eigenvalue weighted by Crippen LogP contribution is 2.20. The number of rotatable bonds is 4. The van der Waals surface area contributed by atoms with Crippen LogP contribution in [0.15, 0.2) is 42.5 Å². The maximum absolute atomic E-state index is 6.15. The Labute approximate surface area is 106 Å². The van der Waals surface area contributed by atoms with Gasteiger partial charge in [-0.2, -0.15) is 0 Å². The summed E-state index contributed by atoms with van der Waals surface area (Å²) in [5.41, 5.74) is 7.27. The van der Waals surface area contributed by atoms with Crippen molar-refractivity contribution in [3.63, 3.8) is 0 Å². The fourth-order valence-electron chi connectivity index (χ4n) is 2.08. The second kappa shape index (κ2) is 5.06.